The minimum absolute atomic E-state index is 0.0900. The summed E-state index contributed by atoms with van der Waals surface area (Å²) >= 11 is 0. The van der Waals surface area contributed by atoms with Gasteiger partial charge in [0.1, 0.15) is 12.4 Å². The fraction of sp³-hybridized carbons (Fsp3) is 0.190. The van der Waals surface area contributed by atoms with Gasteiger partial charge in [-0.15, -0.1) is 0 Å². The summed E-state index contributed by atoms with van der Waals surface area (Å²) < 4.78 is 5.60. The van der Waals surface area contributed by atoms with E-state index in [-0.39, 0.29) is 17.5 Å². The lowest BCUT2D eigenvalue weighted by Crippen LogP contribution is -2.33. The number of amides is 2. The Morgan fingerprint density at radius 2 is 1.67 bits per heavy atom. The van der Waals surface area contributed by atoms with Crippen molar-refractivity contribution in [3.05, 3.63) is 76.9 Å². The SMILES string of the molecule is CC(C)=CCOc1cccc(CC(=O)ON2C(=O)c3ccccc3C2=O)c1. The second-order valence-electron chi connectivity index (χ2n) is 6.33. The number of allylic oxidation sites excluding steroid dienone is 1. The molecule has 1 aliphatic rings. The number of carbonyl (C=O) groups is 3. The number of imide groups is 1. The smallest absolute Gasteiger partial charge is 0.337 e. The Balaban J connectivity index is 1.63. The first-order chi connectivity index (χ1) is 13.0. The molecule has 1 heterocycles. The first-order valence-electron chi connectivity index (χ1n) is 8.49. The van der Waals surface area contributed by atoms with Crippen molar-refractivity contribution >= 4 is 17.8 Å². The molecule has 0 atom stereocenters. The van der Waals surface area contributed by atoms with Gasteiger partial charge >= 0.3 is 5.97 Å². The number of benzene rings is 2. The van der Waals surface area contributed by atoms with Gasteiger partial charge in [-0.2, -0.15) is 0 Å². The van der Waals surface area contributed by atoms with Crippen LogP contribution >= 0.6 is 0 Å². The molecule has 0 N–H and O–H groups in total. The van der Waals surface area contributed by atoms with Crippen molar-refractivity contribution in [2.75, 3.05) is 6.61 Å². The Bertz CT molecular complexity index is 893. The molecule has 0 aromatic heterocycles. The molecule has 6 nitrogen and oxygen atoms in total. The summed E-state index contributed by atoms with van der Waals surface area (Å²) in [6, 6.07) is 13.4. The van der Waals surface area contributed by atoms with Gasteiger partial charge in [0.15, 0.2) is 0 Å². The van der Waals surface area contributed by atoms with Gasteiger partial charge in [0, 0.05) is 0 Å². The molecule has 2 aromatic carbocycles. The topological polar surface area (TPSA) is 72.9 Å². The average molecular weight is 365 g/mol. The largest absolute Gasteiger partial charge is 0.490 e. The number of hydrogen-bond donors (Lipinski definition) is 0. The molecule has 0 bridgehead atoms. The average Bonchev–Trinajstić information content (AvgIpc) is 2.87. The van der Waals surface area contributed by atoms with Crippen LogP contribution in [0, 0.1) is 0 Å². The normalized spacial score (nSPS) is 12.6. The van der Waals surface area contributed by atoms with E-state index in [1.165, 1.54) is 12.1 Å². The quantitative estimate of drug-likeness (QED) is 0.580. The van der Waals surface area contributed by atoms with Crippen molar-refractivity contribution in [3.8, 4) is 5.75 Å². The monoisotopic (exact) mass is 365 g/mol. The van der Waals surface area contributed by atoms with Crippen LogP contribution in [0.1, 0.15) is 40.1 Å². The van der Waals surface area contributed by atoms with Crippen molar-refractivity contribution in [2.24, 2.45) is 0 Å². The molecule has 6 heteroatoms. The summed E-state index contributed by atoms with van der Waals surface area (Å²) in [6.45, 7) is 4.40. The third kappa shape index (κ3) is 4.23. The second kappa shape index (κ2) is 7.86. The van der Waals surface area contributed by atoms with Gasteiger partial charge in [-0.1, -0.05) is 34.9 Å². The third-order valence-electron chi connectivity index (χ3n) is 3.94. The molecular weight excluding hydrogens is 346 g/mol. The van der Waals surface area contributed by atoms with E-state index in [4.69, 9.17) is 9.57 Å². The van der Waals surface area contributed by atoms with Crippen LogP contribution in [0.2, 0.25) is 0 Å². The summed E-state index contributed by atoms with van der Waals surface area (Å²) in [5.74, 6) is -1.35. The molecule has 1 aliphatic heterocycles. The third-order valence-corrected chi connectivity index (χ3v) is 3.94. The molecule has 0 unspecified atom stereocenters. The van der Waals surface area contributed by atoms with Crippen molar-refractivity contribution in [2.45, 2.75) is 20.3 Å². The molecule has 0 aliphatic carbocycles. The summed E-state index contributed by atoms with van der Waals surface area (Å²) in [5.41, 5.74) is 2.26. The van der Waals surface area contributed by atoms with Gasteiger partial charge in [0.25, 0.3) is 11.8 Å². The highest BCUT2D eigenvalue weighted by molar-refractivity contribution is 6.20. The van der Waals surface area contributed by atoms with E-state index in [0.717, 1.165) is 5.57 Å². The maximum Gasteiger partial charge on any atom is 0.337 e. The highest BCUT2D eigenvalue weighted by Crippen LogP contribution is 2.23. The summed E-state index contributed by atoms with van der Waals surface area (Å²) in [4.78, 5) is 41.7. The summed E-state index contributed by atoms with van der Waals surface area (Å²) in [7, 11) is 0. The molecule has 0 fully saturated rings. The molecule has 3 rings (SSSR count). The van der Waals surface area contributed by atoms with Crippen molar-refractivity contribution in [3.63, 3.8) is 0 Å². The maximum absolute atomic E-state index is 12.2. The lowest BCUT2D eigenvalue weighted by Gasteiger charge is -2.13. The highest BCUT2D eigenvalue weighted by Gasteiger charge is 2.38. The van der Waals surface area contributed by atoms with Crippen LogP contribution in [0.25, 0.3) is 0 Å². The van der Waals surface area contributed by atoms with Gasteiger partial charge in [0.2, 0.25) is 0 Å². The van der Waals surface area contributed by atoms with Gasteiger partial charge < -0.3 is 9.57 Å². The molecule has 0 spiro atoms. The van der Waals surface area contributed by atoms with Gasteiger partial charge in [-0.05, 0) is 49.8 Å². The van der Waals surface area contributed by atoms with Crippen LogP contribution in [0.3, 0.4) is 0 Å². The van der Waals surface area contributed by atoms with Crippen molar-refractivity contribution in [1.29, 1.82) is 0 Å². The van der Waals surface area contributed by atoms with E-state index >= 15 is 0 Å². The zero-order chi connectivity index (χ0) is 19.4. The molecular formula is C21H19NO5. The van der Waals surface area contributed by atoms with Gasteiger partial charge in [-0.25, -0.2) is 4.79 Å². The molecule has 0 saturated heterocycles. The number of fused-ring (bicyclic) bond motifs is 1. The first-order valence-corrected chi connectivity index (χ1v) is 8.49. The van der Waals surface area contributed by atoms with Crippen LogP contribution in [-0.2, 0) is 16.1 Å². The van der Waals surface area contributed by atoms with Crippen molar-refractivity contribution in [1.82, 2.24) is 5.06 Å². The van der Waals surface area contributed by atoms with E-state index in [1.54, 1.807) is 36.4 Å². The summed E-state index contributed by atoms with van der Waals surface area (Å²) in [6.07, 6.45) is 1.86. The van der Waals surface area contributed by atoms with Crippen LogP contribution < -0.4 is 4.74 Å². The first kappa shape index (κ1) is 18.4. The Hall–Kier alpha value is -3.41. The number of nitrogens with zero attached hydrogens (tertiary/aromatic N) is 1. The lowest BCUT2D eigenvalue weighted by molar-refractivity contribution is -0.167. The Kier molecular flexibility index (Phi) is 5.35. The van der Waals surface area contributed by atoms with Gasteiger partial charge in [0.05, 0.1) is 17.5 Å². The van der Waals surface area contributed by atoms with E-state index in [9.17, 15) is 14.4 Å². The molecule has 138 valence electrons. The zero-order valence-corrected chi connectivity index (χ0v) is 15.1. The molecule has 2 aromatic rings. The Morgan fingerprint density at radius 3 is 2.30 bits per heavy atom. The number of hydroxylamine groups is 2. The second-order valence-corrected chi connectivity index (χ2v) is 6.33. The van der Waals surface area contributed by atoms with Crippen LogP contribution in [0.15, 0.2) is 60.2 Å². The Morgan fingerprint density at radius 1 is 1.00 bits per heavy atom. The minimum Gasteiger partial charge on any atom is -0.490 e. The fourth-order valence-electron chi connectivity index (χ4n) is 2.60. The predicted octanol–water partition coefficient (Wildman–Crippen LogP) is 3.33. The zero-order valence-electron chi connectivity index (χ0n) is 15.1. The summed E-state index contributed by atoms with van der Waals surface area (Å²) in [5, 5.41) is 0.516. The molecule has 27 heavy (non-hydrogen) atoms. The number of rotatable bonds is 6. The fourth-order valence-corrected chi connectivity index (χ4v) is 2.60. The van der Waals surface area contributed by atoms with Crippen LogP contribution in [0.4, 0.5) is 0 Å². The minimum atomic E-state index is -0.703. The standard InChI is InChI=1S/C21H19NO5/c1-14(2)10-11-26-16-7-5-6-15(12-16)13-19(23)27-22-20(24)17-8-3-4-9-18(17)21(22)25/h3-10,12H,11,13H2,1-2H3. The number of hydrogen-bond acceptors (Lipinski definition) is 5. The number of carbonyl (C=O) groups excluding carboxylic acids is 3. The number of ether oxygens (including phenoxy) is 1. The lowest BCUT2D eigenvalue weighted by atomic mass is 10.1. The van der Waals surface area contributed by atoms with E-state index in [1.807, 2.05) is 19.9 Å². The van der Waals surface area contributed by atoms with E-state index in [2.05, 4.69) is 0 Å². The van der Waals surface area contributed by atoms with E-state index < -0.39 is 17.8 Å². The van der Waals surface area contributed by atoms with E-state index in [0.29, 0.717) is 23.0 Å². The molecule has 0 saturated carbocycles. The highest BCUT2D eigenvalue weighted by atomic mass is 16.7. The van der Waals surface area contributed by atoms with Gasteiger partial charge in [-0.3, -0.25) is 9.59 Å². The predicted molar refractivity (Wildman–Crippen MR) is 98.1 cm³/mol. The molecule has 0 radical (unpaired) electrons. The van der Waals surface area contributed by atoms with Crippen LogP contribution in [-0.4, -0.2) is 29.5 Å². The molecule has 2 amide bonds. The van der Waals surface area contributed by atoms with Crippen LogP contribution in [0.5, 0.6) is 5.75 Å². The van der Waals surface area contributed by atoms with Crippen molar-refractivity contribution < 1.29 is 24.0 Å². The maximum atomic E-state index is 12.2. The Labute approximate surface area is 157 Å².